The van der Waals surface area contributed by atoms with E-state index in [1.165, 1.54) is 16.3 Å². The number of hydrogen-bond acceptors (Lipinski definition) is 5. The molecule has 1 aliphatic rings. The SMILES string of the molecule is CC(C)CC(C(=O)NCC#N)n1cc(-c2ccc(N3CCNCC3)cc2)ccc1=O. The number of pyridine rings is 1. The summed E-state index contributed by atoms with van der Waals surface area (Å²) in [7, 11) is 0. The highest BCUT2D eigenvalue weighted by Crippen LogP contribution is 2.24. The second-order valence-electron chi connectivity index (χ2n) is 7.97. The predicted octanol–water partition coefficient (Wildman–Crippen LogP) is 2.15. The van der Waals surface area contributed by atoms with Gasteiger partial charge in [-0.05, 0) is 41.7 Å². The van der Waals surface area contributed by atoms with Gasteiger partial charge in [-0.1, -0.05) is 26.0 Å². The Morgan fingerprint density at radius 1 is 1.13 bits per heavy atom. The van der Waals surface area contributed by atoms with Gasteiger partial charge in [0.15, 0.2) is 0 Å². The van der Waals surface area contributed by atoms with Gasteiger partial charge in [0.25, 0.3) is 5.56 Å². The molecule has 0 radical (unpaired) electrons. The van der Waals surface area contributed by atoms with E-state index >= 15 is 0 Å². The Morgan fingerprint density at radius 2 is 1.80 bits per heavy atom. The number of amides is 1. The van der Waals surface area contributed by atoms with Crippen molar-refractivity contribution in [3.8, 4) is 17.2 Å². The summed E-state index contributed by atoms with van der Waals surface area (Å²) < 4.78 is 1.49. The second-order valence-corrected chi connectivity index (χ2v) is 7.97. The van der Waals surface area contributed by atoms with Crippen LogP contribution in [0.3, 0.4) is 0 Å². The van der Waals surface area contributed by atoms with E-state index < -0.39 is 6.04 Å². The Hall–Kier alpha value is -3.11. The summed E-state index contributed by atoms with van der Waals surface area (Å²) in [5.41, 5.74) is 2.82. The van der Waals surface area contributed by atoms with Crippen LogP contribution in [0.15, 0.2) is 47.4 Å². The molecule has 158 valence electrons. The highest BCUT2D eigenvalue weighted by molar-refractivity contribution is 5.80. The lowest BCUT2D eigenvalue weighted by Crippen LogP contribution is -2.43. The molecule has 0 aliphatic carbocycles. The van der Waals surface area contributed by atoms with E-state index in [4.69, 9.17) is 5.26 Å². The number of anilines is 1. The molecular formula is C23H29N5O2. The summed E-state index contributed by atoms with van der Waals surface area (Å²) in [4.78, 5) is 27.5. The average Bonchev–Trinajstić information content (AvgIpc) is 2.77. The molecule has 1 fully saturated rings. The van der Waals surface area contributed by atoms with Crippen LogP contribution in [0.2, 0.25) is 0 Å². The molecule has 2 heterocycles. The van der Waals surface area contributed by atoms with E-state index in [9.17, 15) is 9.59 Å². The zero-order valence-electron chi connectivity index (χ0n) is 17.6. The minimum Gasteiger partial charge on any atom is -0.369 e. The summed E-state index contributed by atoms with van der Waals surface area (Å²) in [6.45, 7) is 7.88. The number of nitrogens with zero attached hydrogens (tertiary/aromatic N) is 3. The molecule has 0 spiro atoms. The molecule has 1 saturated heterocycles. The van der Waals surface area contributed by atoms with Crippen molar-refractivity contribution >= 4 is 11.6 Å². The number of aromatic nitrogens is 1. The Labute approximate surface area is 177 Å². The molecule has 3 rings (SSSR count). The van der Waals surface area contributed by atoms with E-state index in [1.54, 1.807) is 12.3 Å². The molecule has 1 unspecified atom stereocenters. The van der Waals surface area contributed by atoms with Gasteiger partial charge in [-0.25, -0.2) is 0 Å². The van der Waals surface area contributed by atoms with Crippen LogP contribution >= 0.6 is 0 Å². The third kappa shape index (κ3) is 5.28. The predicted molar refractivity (Wildman–Crippen MR) is 118 cm³/mol. The van der Waals surface area contributed by atoms with Crippen molar-refractivity contribution in [2.75, 3.05) is 37.6 Å². The third-order valence-corrected chi connectivity index (χ3v) is 5.30. The first-order valence-electron chi connectivity index (χ1n) is 10.4. The lowest BCUT2D eigenvalue weighted by Gasteiger charge is -2.29. The molecule has 1 aliphatic heterocycles. The lowest BCUT2D eigenvalue weighted by atomic mass is 10.0. The Balaban J connectivity index is 1.88. The molecule has 1 aromatic carbocycles. The van der Waals surface area contributed by atoms with Gasteiger partial charge < -0.3 is 20.1 Å². The first-order valence-corrected chi connectivity index (χ1v) is 10.4. The van der Waals surface area contributed by atoms with Crippen LogP contribution in [0.4, 0.5) is 5.69 Å². The summed E-state index contributed by atoms with van der Waals surface area (Å²) in [6.07, 6.45) is 2.27. The average molecular weight is 408 g/mol. The number of piperazine rings is 1. The number of nitrogens with one attached hydrogen (secondary N) is 2. The number of rotatable bonds is 7. The van der Waals surface area contributed by atoms with E-state index in [-0.39, 0.29) is 23.9 Å². The number of nitriles is 1. The summed E-state index contributed by atoms with van der Waals surface area (Å²) in [5, 5.41) is 14.7. The lowest BCUT2D eigenvalue weighted by molar-refractivity contribution is -0.124. The normalized spacial score (nSPS) is 14.9. The number of benzene rings is 1. The second kappa shape index (κ2) is 10.1. The van der Waals surface area contributed by atoms with Crippen molar-refractivity contribution in [2.24, 2.45) is 5.92 Å². The molecule has 1 atom stereocenters. The minimum absolute atomic E-state index is 0.0741. The van der Waals surface area contributed by atoms with Gasteiger partial charge >= 0.3 is 0 Å². The molecule has 7 nitrogen and oxygen atoms in total. The maximum absolute atomic E-state index is 12.6. The van der Waals surface area contributed by atoms with Gasteiger partial charge in [-0.15, -0.1) is 0 Å². The van der Waals surface area contributed by atoms with Crippen LogP contribution in [-0.4, -0.2) is 43.2 Å². The van der Waals surface area contributed by atoms with Crippen LogP contribution in [-0.2, 0) is 4.79 Å². The molecule has 0 saturated carbocycles. The first kappa shape index (κ1) is 21.6. The maximum Gasteiger partial charge on any atom is 0.251 e. The fourth-order valence-electron chi connectivity index (χ4n) is 3.74. The van der Waals surface area contributed by atoms with Crippen molar-refractivity contribution in [1.82, 2.24) is 15.2 Å². The molecule has 0 bridgehead atoms. The minimum atomic E-state index is -0.647. The zero-order valence-corrected chi connectivity index (χ0v) is 17.6. The third-order valence-electron chi connectivity index (χ3n) is 5.30. The van der Waals surface area contributed by atoms with Crippen molar-refractivity contribution < 1.29 is 4.79 Å². The molecule has 30 heavy (non-hydrogen) atoms. The first-order chi connectivity index (χ1) is 14.5. The van der Waals surface area contributed by atoms with E-state index in [0.717, 1.165) is 37.3 Å². The standard InChI is InChI=1S/C23H29N5O2/c1-17(2)15-21(23(30)26-10-9-24)28-16-19(5-8-22(28)29)18-3-6-20(7-4-18)27-13-11-25-12-14-27/h3-8,16-17,21,25H,10-15H2,1-2H3,(H,26,30). The Morgan fingerprint density at radius 3 is 2.43 bits per heavy atom. The van der Waals surface area contributed by atoms with Crippen LogP contribution in [0.25, 0.3) is 11.1 Å². The smallest absolute Gasteiger partial charge is 0.251 e. The van der Waals surface area contributed by atoms with E-state index in [1.807, 2.05) is 19.9 Å². The van der Waals surface area contributed by atoms with Gasteiger partial charge in [-0.2, -0.15) is 5.26 Å². The van der Waals surface area contributed by atoms with Crippen molar-refractivity contribution in [3.05, 3.63) is 52.9 Å². The van der Waals surface area contributed by atoms with Gasteiger partial charge in [0.05, 0.1) is 6.07 Å². The zero-order chi connectivity index (χ0) is 21.5. The number of carbonyl (C=O) groups is 1. The highest BCUT2D eigenvalue weighted by Gasteiger charge is 2.23. The van der Waals surface area contributed by atoms with Crippen molar-refractivity contribution in [3.63, 3.8) is 0 Å². The van der Waals surface area contributed by atoms with Crippen molar-refractivity contribution in [2.45, 2.75) is 26.3 Å². The fraction of sp³-hybridized carbons (Fsp3) is 0.435. The quantitative estimate of drug-likeness (QED) is 0.687. The molecule has 1 aromatic heterocycles. The van der Waals surface area contributed by atoms with Crippen LogP contribution in [0.5, 0.6) is 0 Å². The molecule has 7 heteroatoms. The Bertz CT molecular complexity index is 953. The van der Waals surface area contributed by atoms with E-state index in [0.29, 0.717) is 6.42 Å². The van der Waals surface area contributed by atoms with E-state index in [2.05, 4.69) is 39.8 Å². The summed E-state index contributed by atoms with van der Waals surface area (Å²) >= 11 is 0. The van der Waals surface area contributed by atoms with Crippen LogP contribution < -0.4 is 21.1 Å². The molecular weight excluding hydrogens is 378 g/mol. The number of hydrogen-bond donors (Lipinski definition) is 2. The van der Waals surface area contributed by atoms with Gasteiger partial charge in [0.2, 0.25) is 5.91 Å². The van der Waals surface area contributed by atoms with Gasteiger partial charge in [0.1, 0.15) is 12.6 Å². The summed E-state index contributed by atoms with van der Waals surface area (Å²) in [5.74, 6) is -0.0877. The monoisotopic (exact) mass is 407 g/mol. The van der Waals surface area contributed by atoms with Crippen LogP contribution in [0, 0.1) is 17.2 Å². The fourth-order valence-corrected chi connectivity index (χ4v) is 3.74. The molecule has 1 amide bonds. The van der Waals surface area contributed by atoms with Gasteiger partial charge in [0, 0.05) is 44.1 Å². The maximum atomic E-state index is 12.6. The van der Waals surface area contributed by atoms with Crippen LogP contribution in [0.1, 0.15) is 26.3 Å². The Kier molecular flexibility index (Phi) is 7.26. The molecule has 2 aromatic rings. The highest BCUT2D eigenvalue weighted by atomic mass is 16.2. The largest absolute Gasteiger partial charge is 0.369 e. The molecule has 2 N–H and O–H groups in total. The van der Waals surface area contributed by atoms with Gasteiger partial charge in [-0.3, -0.25) is 9.59 Å². The topological polar surface area (TPSA) is 90.2 Å². The van der Waals surface area contributed by atoms with Crippen molar-refractivity contribution in [1.29, 1.82) is 5.26 Å². The summed E-state index contributed by atoms with van der Waals surface area (Å²) in [6, 6.07) is 12.9. The number of carbonyl (C=O) groups excluding carboxylic acids is 1.